The molecule has 82 valence electrons. The third-order valence-corrected chi connectivity index (χ3v) is 3.33. The molecule has 1 saturated carbocycles. The highest BCUT2D eigenvalue weighted by atomic mass is 14.9. The van der Waals surface area contributed by atoms with Crippen molar-refractivity contribution in [3.63, 3.8) is 0 Å². The molecular weight excluding hydrogens is 184 g/mol. The van der Waals surface area contributed by atoms with Crippen molar-refractivity contribution < 1.29 is 5.32 Å². The first kappa shape index (κ1) is 10.6. The second kappa shape index (κ2) is 5.86. The number of aromatic nitrogens is 1. The van der Waals surface area contributed by atoms with Crippen LogP contribution in [0.2, 0.25) is 0 Å². The molecule has 2 N–H and O–H groups in total. The predicted molar refractivity (Wildman–Crippen MR) is 61.3 cm³/mol. The van der Waals surface area contributed by atoms with Crippen molar-refractivity contribution in [2.45, 2.75) is 38.6 Å². The smallest absolute Gasteiger partial charge is 0.103 e. The first-order valence-electron chi connectivity index (χ1n) is 6.16. The molecule has 1 aromatic rings. The predicted octanol–water partition coefficient (Wildman–Crippen LogP) is 1.73. The van der Waals surface area contributed by atoms with Gasteiger partial charge in [0.1, 0.15) is 6.54 Å². The Morgan fingerprint density at radius 1 is 1.27 bits per heavy atom. The summed E-state index contributed by atoms with van der Waals surface area (Å²) >= 11 is 0. The van der Waals surface area contributed by atoms with Gasteiger partial charge in [-0.25, -0.2) is 0 Å². The number of nitrogens with zero attached hydrogens (tertiary/aromatic N) is 1. The summed E-state index contributed by atoms with van der Waals surface area (Å²) in [4.78, 5) is 4.13. The van der Waals surface area contributed by atoms with Crippen LogP contribution in [-0.2, 0) is 6.54 Å². The molecular formula is C13H21N2+. The Labute approximate surface area is 92.1 Å². The van der Waals surface area contributed by atoms with Crippen LogP contribution in [0.25, 0.3) is 0 Å². The van der Waals surface area contributed by atoms with Gasteiger partial charge in [0.2, 0.25) is 0 Å². The van der Waals surface area contributed by atoms with E-state index in [1.165, 1.54) is 44.2 Å². The van der Waals surface area contributed by atoms with Gasteiger partial charge in [-0.2, -0.15) is 0 Å². The average Bonchev–Trinajstić information content (AvgIpc) is 2.32. The summed E-state index contributed by atoms with van der Waals surface area (Å²) in [5.41, 5.74) is 1.34. The van der Waals surface area contributed by atoms with Gasteiger partial charge < -0.3 is 5.32 Å². The first-order valence-corrected chi connectivity index (χ1v) is 6.16. The average molecular weight is 205 g/mol. The van der Waals surface area contributed by atoms with Crippen molar-refractivity contribution in [2.24, 2.45) is 5.92 Å². The third-order valence-electron chi connectivity index (χ3n) is 3.33. The van der Waals surface area contributed by atoms with Crippen LogP contribution in [0.4, 0.5) is 0 Å². The number of quaternary nitrogens is 1. The van der Waals surface area contributed by atoms with E-state index in [-0.39, 0.29) is 0 Å². The lowest BCUT2D eigenvalue weighted by atomic mass is 9.89. The molecule has 0 bridgehead atoms. The minimum Gasteiger partial charge on any atom is -0.342 e. The summed E-state index contributed by atoms with van der Waals surface area (Å²) in [5, 5.41) is 2.44. The monoisotopic (exact) mass is 205 g/mol. The van der Waals surface area contributed by atoms with Crippen LogP contribution in [0.1, 0.15) is 37.7 Å². The Bertz CT molecular complexity index is 265. The fraction of sp³-hybridized carbons (Fsp3) is 0.615. The lowest BCUT2D eigenvalue weighted by Crippen LogP contribution is -2.84. The van der Waals surface area contributed by atoms with Crippen molar-refractivity contribution >= 4 is 0 Å². The van der Waals surface area contributed by atoms with Crippen LogP contribution in [0.5, 0.6) is 0 Å². The van der Waals surface area contributed by atoms with Crippen LogP contribution in [-0.4, -0.2) is 11.5 Å². The van der Waals surface area contributed by atoms with Crippen molar-refractivity contribution in [2.75, 3.05) is 6.54 Å². The maximum atomic E-state index is 4.13. The van der Waals surface area contributed by atoms with E-state index in [0.29, 0.717) is 0 Å². The van der Waals surface area contributed by atoms with Crippen LogP contribution in [0.15, 0.2) is 24.5 Å². The van der Waals surface area contributed by atoms with Gasteiger partial charge in [0.25, 0.3) is 0 Å². The highest BCUT2D eigenvalue weighted by Crippen LogP contribution is 2.21. The van der Waals surface area contributed by atoms with Crippen LogP contribution in [0, 0.1) is 5.92 Å². The van der Waals surface area contributed by atoms with Crippen LogP contribution >= 0.6 is 0 Å². The van der Waals surface area contributed by atoms with Gasteiger partial charge >= 0.3 is 0 Å². The summed E-state index contributed by atoms with van der Waals surface area (Å²) in [6.07, 6.45) is 11.1. The van der Waals surface area contributed by atoms with E-state index < -0.39 is 0 Å². The number of pyridine rings is 1. The Kier molecular flexibility index (Phi) is 4.15. The minimum atomic E-state index is 0.968. The maximum Gasteiger partial charge on any atom is 0.103 e. The van der Waals surface area contributed by atoms with Crippen molar-refractivity contribution in [1.29, 1.82) is 0 Å². The second-order valence-corrected chi connectivity index (χ2v) is 4.59. The molecule has 0 aromatic carbocycles. The van der Waals surface area contributed by atoms with Gasteiger partial charge in [-0.05, 0) is 18.9 Å². The SMILES string of the molecule is c1cncc(C[NH2+]CC2CCCCC2)c1. The highest BCUT2D eigenvalue weighted by molar-refractivity contribution is 5.06. The zero-order valence-corrected chi connectivity index (χ0v) is 9.36. The lowest BCUT2D eigenvalue weighted by Gasteiger charge is -2.19. The Morgan fingerprint density at radius 3 is 2.87 bits per heavy atom. The molecule has 0 spiro atoms. The molecule has 1 aliphatic carbocycles. The van der Waals surface area contributed by atoms with Crippen molar-refractivity contribution in [3.05, 3.63) is 30.1 Å². The zero-order valence-electron chi connectivity index (χ0n) is 9.36. The molecule has 0 saturated heterocycles. The van der Waals surface area contributed by atoms with Gasteiger partial charge in [-0.3, -0.25) is 4.98 Å². The fourth-order valence-corrected chi connectivity index (χ4v) is 2.43. The third kappa shape index (κ3) is 3.63. The Morgan fingerprint density at radius 2 is 2.13 bits per heavy atom. The van der Waals surface area contributed by atoms with E-state index in [2.05, 4.69) is 16.4 Å². The van der Waals surface area contributed by atoms with Crippen molar-refractivity contribution in [3.8, 4) is 0 Å². The fourth-order valence-electron chi connectivity index (χ4n) is 2.43. The van der Waals surface area contributed by atoms with E-state index in [9.17, 15) is 0 Å². The Hall–Kier alpha value is -0.890. The highest BCUT2D eigenvalue weighted by Gasteiger charge is 2.14. The van der Waals surface area contributed by atoms with Gasteiger partial charge in [-0.1, -0.05) is 25.3 Å². The van der Waals surface area contributed by atoms with Crippen LogP contribution < -0.4 is 5.32 Å². The largest absolute Gasteiger partial charge is 0.342 e. The lowest BCUT2D eigenvalue weighted by molar-refractivity contribution is -0.676. The molecule has 1 aliphatic rings. The molecule has 0 amide bonds. The number of rotatable bonds is 4. The summed E-state index contributed by atoms with van der Waals surface area (Å²) in [5.74, 6) is 0.968. The topological polar surface area (TPSA) is 29.5 Å². The Balaban J connectivity index is 1.66. The molecule has 0 atom stereocenters. The summed E-state index contributed by atoms with van der Waals surface area (Å²) in [6, 6.07) is 4.17. The van der Waals surface area contributed by atoms with Gasteiger partial charge in [0.15, 0.2) is 0 Å². The van der Waals surface area contributed by atoms with Gasteiger partial charge in [0, 0.05) is 23.9 Å². The van der Waals surface area contributed by atoms with E-state index in [1.54, 1.807) is 0 Å². The molecule has 0 unspecified atom stereocenters. The standard InChI is InChI=1S/C13H20N2/c1-2-5-12(6-3-1)9-15-11-13-7-4-8-14-10-13/h4,7-8,10,12,15H,1-3,5-6,9,11H2/p+1. The maximum absolute atomic E-state index is 4.13. The normalized spacial score (nSPS) is 17.9. The molecule has 1 aromatic heterocycles. The summed E-state index contributed by atoms with van der Waals surface area (Å²) in [7, 11) is 0. The molecule has 2 nitrogen and oxygen atoms in total. The van der Waals surface area contributed by atoms with E-state index in [1.807, 2.05) is 18.5 Å². The summed E-state index contributed by atoms with van der Waals surface area (Å²) < 4.78 is 0. The van der Waals surface area contributed by atoms with Crippen molar-refractivity contribution in [1.82, 2.24) is 4.98 Å². The minimum absolute atomic E-state index is 0.968. The van der Waals surface area contributed by atoms with E-state index in [4.69, 9.17) is 0 Å². The molecule has 2 heteroatoms. The molecule has 1 fully saturated rings. The van der Waals surface area contributed by atoms with E-state index in [0.717, 1.165) is 12.5 Å². The first-order chi connectivity index (χ1) is 7.45. The number of nitrogens with two attached hydrogens (primary N) is 1. The van der Waals surface area contributed by atoms with E-state index >= 15 is 0 Å². The van der Waals surface area contributed by atoms with Crippen LogP contribution in [0.3, 0.4) is 0 Å². The molecule has 0 aliphatic heterocycles. The van der Waals surface area contributed by atoms with Gasteiger partial charge in [-0.15, -0.1) is 0 Å². The zero-order chi connectivity index (χ0) is 10.3. The number of hydrogen-bond acceptors (Lipinski definition) is 1. The molecule has 0 radical (unpaired) electrons. The summed E-state index contributed by atoms with van der Waals surface area (Å²) in [6.45, 7) is 2.39. The molecule has 2 rings (SSSR count). The van der Waals surface area contributed by atoms with Gasteiger partial charge in [0.05, 0.1) is 6.54 Å². The second-order valence-electron chi connectivity index (χ2n) is 4.59. The quantitative estimate of drug-likeness (QED) is 0.797. The number of hydrogen-bond donors (Lipinski definition) is 1. The molecule has 15 heavy (non-hydrogen) atoms. The molecule has 1 heterocycles.